The van der Waals surface area contributed by atoms with Crippen LogP contribution in [-0.2, 0) is 5.75 Å². The number of thioether (sulfide) groups is 2. The highest BCUT2D eigenvalue weighted by Crippen LogP contribution is 2.33. The Morgan fingerprint density at radius 1 is 1.32 bits per heavy atom. The second kappa shape index (κ2) is 8.32. The van der Waals surface area contributed by atoms with E-state index in [-0.39, 0.29) is 5.91 Å². The zero-order valence-electron chi connectivity index (χ0n) is 15.7. The number of aliphatic imine (C=N–C) groups is 1. The first kappa shape index (κ1) is 19.0. The molecule has 0 aliphatic carbocycles. The Morgan fingerprint density at radius 2 is 2.18 bits per heavy atom. The van der Waals surface area contributed by atoms with Crippen LogP contribution in [0.2, 0.25) is 0 Å². The molecule has 28 heavy (non-hydrogen) atoms. The molecule has 1 amide bonds. The van der Waals surface area contributed by atoms with E-state index in [1.165, 1.54) is 0 Å². The molecule has 0 unspecified atom stereocenters. The van der Waals surface area contributed by atoms with Gasteiger partial charge in [-0.15, -0.1) is 0 Å². The van der Waals surface area contributed by atoms with Gasteiger partial charge >= 0.3 is 0 Å². The first-order valence-electron chi connectivity index (χ1n) is 8.92. The van der Waals surface area contributed by atoms with E-state index < -0.39 is 0 Å². The highest BCUT2D eigenvalue weighted by Gasteiger charge is 2.22. The number of para-hydroxylation sites is 1. The average molecular weight is 413 g/mol. The van der Waals surface area contributed by atoms with Crippen molar-refractivity contribution < 1.29 is 13.9 Å². The lowest BCUT2D eigenvalue weighted by Crippen LogP contribution is -2.13. The van der Waals surface area contributed by atoms with Gasteiger partial charge in [-0.25, -0.2) is 0 Å². The molecule has 3 aromatic rings. The topological polar surface area (TPSA) is 63.8 Å². The number of amides is 1. The molecule has 1 aliphatic rings. The normalized spacial score (nSPS) is 13.6. The number of furan rings is 1. The number of carbonyl (C=O) groups is 1. The lowest BCUT2D eigenvalue weighted by Gasteiger charge is -2.11. The predicted molar refractivity (Wildman–Crippen MR) is 118 cm³/mol. The van der Waals surface area contributed by atoms with Crippen LogP contribution in [0.3, 0.4) is 0 Å². The number of hydrogen-bond acceptors (Lipinski definition) is 6. The van der Waals surface area contributed by atoms with Crippen molar-refractivity contribution in [2.75, 3.05) is 24.7 Å². The summed E-state index contributed by atoms with van der Waals surface area (Å²) in [4.78, 5) is 17.6. The van der Waals surface area contributed by atoms with Crippen LogP contribution in [-0.4, -0.2) is 29.7 Å². The molecule has 144 valence electrons. The number of anilines is 1. The Kier molecular flexibility index (Phi) is 5.64. The zero-order chi connectivity index (χ0) is 19.5. The van der Waals surface area contributed by atoms with E-state index in [1.54, 1.807) is 30.6 Å². The molecule has 5 nitrogen and oxygen atoms in total. The van der Waals surface area contributed by atoms with Crippen LogP contribution in [0, 0.1) is 6.92 Å². The molecule has 2 heterocycles. The molecular weight excluding hydrogens is 392 g/mol. The predicted octanol–water partition coefficient (Wildman–Crippen LogP) is 5.34. The molecule has 1 N–H and O–H groups in total. The van der Waals surface area contributed by atoms with E-state index in [0.29, 0.717) is 28.5 Å². The van der Waals surface area contributed by atoms with Gasteiger partial charge in [-0.3, -0.25) is 9.79 Å². The standard InChI is InChI=1S/C21H20N2O3S2/c1-13-7-8-18(25-2)16(11-13)23-20(24)19-15(12-28-21-22-9-10-27-21)14-5-3-4-6-17(14)26-19/h3-8,11H,9-10,12H2,1-2H3,(H,23,24). The number of carbonyl (C=O) groups excluding carboxylic acids is 1. The van der Waals surface area contributed by atoms with Crippen molar-refractivity contribution in [1.29, 1.82) is 0 Å². The van der Waals surface area contributed by atoms with Crippen molar-refractivity contribution in [3.8, 4) is 5.75 Å². The number of benzene rings is 2. The highest BCUT2D eigenvalue weighted by molar-refractivity contribution is 8.38. The van der Waals surface area contributed by atoms with Crippen molar-refractivity contribution in [2.24, 2.45) is 4.99 Å². The SMILES string of the molecule is COc1ccc(C)cc1NC(=O)c1oc2ccccc2c1CSC1=NCCS1. The number of fused-ring (bicyclic) bond motifs is 1. The maximum absolute atomic E-state index is 13.1. The third kappa shape index (κ3) is 3.91. The van der Waals surface area contributed by atoms with Gasteiger partial charge in [0.15, 0.2) is 5.76 Å². The Morgan fingerprint density at radius 3 is 2.96 bits per heavy atom. The molecule has 0 fully saturated rings. The Labute approximate surface area is 171 Å². The van der Waals surface area contributed by atoms with Crippen molar-refractivity contribution in [3.05, 3.63) is 59.4 Å². The highest BCUT2D eigenvalue weighted by atomic mass is 32.2. The van der Waals surface area contributed by atoms with Crippen LogP contribution < -0.4 is 10.1 Å². The van der Waals surface area contributed by atoms with Crippen molar-refractivity contribution in [2.45, 2.75) is 12.7 Å². The second-order valence-corrected chi connectivity index (χ2v) is 8.65. The van der Waals surface area contributed by atoms with E-state index in [2.05, 4.69) is 10.3 Å². The van der Waals surface area contributed by atoms with Crippen LogP contribution in [0.5, 0.6) is 5.75 Å². The lowest BCUT2D eigenvalue weighted by molar-refractivity contribution is 0.0997. The van der Waals surface area contributed by atoms with Gasteiger partial charge < -0.3 is 14.5 Å². The smallest absolute Gasteiger partial charge is 0.291 e. The Hall–Kier alpha value is -2.38. The molecule has 0 radical (unpaired) electrons. The molecule has 0 atom stereocenters. The monoisotopic (exact) mass is 412 g/mol. The molecule has 0 bridgehead atoms. The largest absolute Gasteiger partial charge is 0.495 e. The summed E-state index contributed by atoms with van der Waals surface area (Å²) >= 11 is 3.41. The maximum atomic E-state index is 13.1. The Bertz CT molecular complexity index is 1060. The maximum Gasteiger partial charge on any atom is 0.291 e. The van der Waals surface area contributed by atoms with E-state index in [0.717, 1.165) is 33.2 Å². The zero-order valence-corrected chi connectivity index (χ0v) is 17.3. The molecule has 4 rings (SSSR count). The fourth-order valence-electron chi connectivity index (χ4n) is 3.06. The first-order valence-corrected chi connectivity index (χ1v) is 10.9. The van der Waals surface area contributed by atoms with Gasteiger partial charge in [0.2, 0.25) is 0 Å². The van der Waals surface area contributed by atoms with Crippen LogP contribution in [0.4, 0.5) is 5.69 Å². The first-order chi connectivity index (χ1) is 13.7. The number of nitrogens with zero attached hydrogens (tertiary/aromatic N) is 1. The van der Waals surface area contributed by atoms with Gasteiger partial charge in [-0.2, -0.15) is 0 Å². The van der Waals surface area contributed by atoms with E-state index in [1.807, 2.05) is 49.4 Å². The quantitative estimate of drug-likeness (QED) is 0.613. The minimum atomic E-state index is -0.281. The summed E-state index contributed by atoms with van der Waals surface area (Å²) in [6, 6.07) is 13.4. The summed E-state index contributed by atoms with van der Waals surface area (Å²) in [6.45, 7) is 2.83. The Balaban J connectivity index is 1.66. The molecular formula is C21H20N2O3S2. The van der Waals surface area contributed by atoms with Crippen LogP contribution >= 0.6 is 23.5 Å². The molecule has 2 aromatic carbocycles. The third-order valence-electron chi connectivity index (χ3n) is 4.41. The number of ether oxygens (including phenoxy) is 1. The van der Waals surface area contributed by atoms with Crippen LogP contribution in [0.15, 0.2) is 51.9 Å². The van der Waals surface area contributed by atoms with Gasteiger partial charge in [0, 0.05) is 22.5 Å². The fourth-order valence-corrected chi connectivity index (χ4v) is 5.10. The van der Waals surface area contributed by atoms with E-state index >= 15 is 0 Å². The number of hydrogen-bond donors (Lipinski definition) is 1. The van der Waals surface area contributed by atoms with Crippen molar-refractivity contribution in [3.63, 3.8) is 0 Å². The summed E-state index contributed by atoms with van der Waals surface area (Å²) < 4.78 is 12.4. The summed E-state index contributed by atoms with van der Waals surface area (Å²) in [5, 5.41) is 3.90. The number of methoxy groups -OCH3 is 1. The van der Waals surface area contributed by atoms with Gasteiger partial charge in [0.05, 0.1) is 19.3 Å². The lowest BCUT2D eigenvalue weighted by atomic mass is 10.1. The summed E-state index contributed by atoms with van der Waals surface area (Å²) in [5.41, 5.74) is 3.26. The van der Waals surface area contributed by atoms with Crippen molar-refractivity contribution >= 4 is 50.5 Å². The van der Waals surface area contributed by atoms with E-state index in [4.69, 9.17) is 9.15 Å². The number of nitrogens with one attached hydrogen (secondary N) is 1. The average Bonchev–Trinajstić information content (AvgIpc) is 3.34. The summed E-state index contributed by atoms with van der Waals surface area (Å²) in [7, 11) is 1.59. The number of aryl methyl sites for hydroxylation is 1. The minimum absolute atomic E-state index is 0.281. The number of rotatable bonds is 5. The third-order valence-corrected chi connectivity index (χ3v) is 6.68. The molecule has 1 aliphatic heterocycles. The molecule has 0 spiro atoms. The summed E-state index contributed by atoms with van der Waals surface area (Å²) in [6.07, 6.45) is 0. The van der Waals surface area contributed by atoms with Gasteiger partial charge in [0.1, 0.15) is 15.7 Å². The second-order valence-electron chi connectivity index (χ2n) is 6.35. The molecule has 0 saturated carbocycles. The fraction of sp³-hybridized carbons (Fsp3) is 0.238. The molecule has 1 aromatic heterocycles. The van der Waals surface area contributed by atoms with Crippen LogP contribution in [0.25, 0.3) is 11.0 Å². The minimum Gasteiger partial charge on any atom is -0.495 e. The van der Waals surface area contributed by atoms with Gasteiger partial charge in [-0.1, -0.05) is 47.8 Å². The summed E-state index contributed by atoms with van der Waals surface area (Å²) in [5.74, 6) is 2.33. The van der Waals surface area contributed by atoms with Gasteiger partial charge in [-0.05, 0) is 30.7 Å². The van der Waals surface area contributed by atoms with E-state index in [9.17, 15) is 4.79 Å². The van der Waals surface area contributed by atoms with Crippen LogP contribution in [0.1, 0.15) is 21.7 Å². The molecule has 7 heteroatoms. The van der Waals surface area contributed by atoms with Gasteiger partial charge in [0.25, 0.3) is 5.91 Å². The van der Waals surface area contributed by atoms with Crippen molar-refractivity contribution in [1.82, 2.24) is 0 Å². The molecule has 0 saturated heterocycles.